The summed E-state index contributed by atoms with van der Waals surface area (Å²) in [5, 5.41) is 24.2. The molecule has 1 aromatic heterocycles. The zero-order valence-corrected chi connectivity index (χ0v) is 17.7. The molecule has 7 nitrogen and oxygen atoms in total. The molecular formula is C21H21Cl2N3O4. The SMILES string of the molecule is Cc1nn(Cc2ccc(Cl)cc2)c(Cl)c1CNCc1ccccc1.O=C(O)C(=O)O. The third kappa shape index (κ3) is 7.18. The lowest BCUT2D eigenvalue weighted by molar-refractivity contribution is -0.159. The highest BCUT2D eigenvalue weighted by Crippen LogP contribution is 2.21. The van der Waals surface area contributed by atoms with Crippen molar-refractivity contribution in [3.8, 4) is 0 Å². The second-order valence-corrected chi connectivity index (χ2v) is 7.13. The van der Waals surface area contributed by atoms with Crippen molar-refractivity contribution >= 4 is 35.1 Å². The topological polar surface area (TPSA) is 104 Å². The van der Waals surface area contributed by atoms with E-state index in [1.54, 1.807) is 0 Å². The first-order chi connectivity index (χ1) is 14.3. The van der Waals surface area contributed by atoms with Crippen LogP contribution in [-0.4, -0.2) is 31.9 Å². The van der Waals surface area contributed by atoms with Gasteiger partial charge in [-0.05, 0) is 30.2 Å². The molecule has 2 aromatic carbocycles. The highest BCUT2D eigenvalue weighted by Gasteiger charge is 2.13. The van der Waals surface area contributed by atoms with Gasteiger partial charge in [-0.15, -0.1) is 0 Å². The van der Waals surface area contributed by atoms with Gasteiger partial charge in [0.25, 0.3) is 0 Å². The van der Waals surface area contributed by atoms with Gasteiger partial charge >= 0.3 is 11.9 Å². The summed E-state index contributed by atoms with van der Waals surface area (Å²) in [6.07, 6.45) is 0. The Balaban J connectivity index is 0.000000469. The predicted molar refractivity (Wildman–Crippen MR) is 115 cm³/mol. The van der Waals surface area contributed by atoms with E-state index >= 15 is 0 Å². The van der Waals surface area contributed by atoms with Crippen LogP contribution in [0.5, 0.6) is 0 Å². The number of carboxylic acids is 2. The Morgan fingerprint density at radius 3 is 2.10 bits per heavy atom. The molecule has 0 saturated heterocycles. The molecule has 0 amide bonds. The molecule has 0 fully saturated rings. The van der Waals surface area contributed by atoms with Crippen LogP contribution in [0.3, 0.4) is 0 Å². The van der Waals surface area contributed by atoms with Gasteiger partial charge in [0.05, 0.1) is 12.2 Å². The third-order valence-electron chi connectivity index (χ3n) is 4.09. The maximum absolute atomic E-state index is 9.10. The van der Waals surface area contributed by atoms with Crippen molar-refractivity contribution < 1.29 is 19.8 Å². The number of nitrogens with zero attached hydrogens (tertiary/aromatic N) is 2. The molecule has 0 bridgehead atoms. The summed E-state index contributed by atoms with van der Waals surface area (Å²) in [7, 11) is 0. The van der Waals surface area contributed by atoms with Crippen LogP contribution in [0.2, 0.25) is 10.2 Å². The minimum Gasteiger partial charge on any atom is -0.473 e. The molecule has 158 valence electrons. The van der Waals surface area contributed by atoms with E-state index in [2.05, 4.69) is 22.5 Å². The number of hydrogen-bond acceptors (Lipinski definition) is 4. The van der Waals surface area contributed by atoms with Crippen LogP contribution >= 0.6 is 23.2 Å². The van der Waals surface area contributed by atoms with Crippen molar-refractivity contribution in [2.24, 2.45) is 0 Å². The average Bonchev–Trinajstić information content (AvgIpc) is 2.98. The van der Waals surface area contributed by atoms with Gasteiger partial charge in [0.1, 0.15) is 5.15 Å². The van der Waals surface area contributed by atoms with Gasteiger partial charge in [0, 0.05) is 23.7 Å². The highest BCUT2D eigenvalue weighted by atomic mass is 35.5. The van der Waals surface area contributed by atoms with Crippen molar-refractivity contribution in [1.29, 1.82) is 0 Å². The number of aliphatic carboxylic acids is 2. The summed E-state index contributed by atoms with van der Waals surface area (Å²) in [5.74, 6) is -3.65. The molecule has 0 spiro atoms. The summed E-state index contributed by atoms with van der Waals surface area (Å²) in [4.78, 5) is 18.2. The molecule has 0 saturated carbocycles. The number of nitrogens with one attached hydrogen (secondary N) is 1. The molecule has 0 aliphatic carbocycles. The van der Waals surface area contributed by atoms with E-state index in [4.69, 9.17) is 43.0 Å². The third-order valence-corrected chi connectivity index (χ3v) is 4.76. The monoisotopic (exact) mass is 449 g/mol. The van der Waals surface area contributed by atoms with Gasteiger partial charge < -0.3 is 15.5 Å². The van der Waals surface area contributed by atoms with Crippen LogP contribution in [0.15, 0.2) is 54.6 Å². The summed E-state index contributed by atoms with van der Waals surface area (Å²) in [5.41, 5.74) is 4.36. The van der Waals surface area contributed by atoms with Crippen molar-refractivity contribution in [1.82, 2.24) is 15.1 Å². The number of rotatable bonds is 6. The maximum atomic E-state index is 9.10. The molecule has 0 atom stereocenters. The largest absolute Gasteiger partial charge is 0.473 e. The maximum Gasteiger partial charge on any atom is 0.414 e. The second kappa shape index (κ2) is 11.3. The van der Waals surface area contributed by atoms with E-state index in [0.29, 0.717) is 18.2 Å². The Morgan fingerprint density at radius 1 is 0.933 bits per heavy atom. The lowest BCUT2D eigenvalue weighted by Gasteiger charge is -2.06. The molecular weight excluding hydrogens is 429 g/mol. The van der Waals surface area contributed by atoms with Crippen molar-refractivity contribution in [2.45, 2.75) is 26.6 Å². The molecule has 30 heavy (non-hydrogen) atoms. The quantitative estimate of drug-likeness (QED) is 0.491. The molecule has 1 heterocycles. The lowest BCUT2D eigenvalue weighted by Crippen LogP contribution is -2.13. The van der Waals surface area contributed by atoms with Gasteiger partial charge in [-0.25, -0.2) is 14.3 Å². The first kappa shape index (κ1) is 23.4. The van der Waals surface area contributed by atoms with E-state index in [-0.39, 0.29) is 0 Å². The van der Waals surface area contributed by atoms with E-state index in [0.717, 1.165) is 28.4 Å². The molecule has 9 heteroatoms. The minimum absolute atomic E-state index is 0.634. The number of benzene rings is 2. The van der Waals surface area contributed by atoms with Crippen LogP contribution in [-0.2, 0) is 29.2 Å². The number of carbonyl (C=O) groups is 2. The van der Waals surface area contributed by atoms with Gasteiger partial charge in [-0.2, -0.15) is 5.10 Å². The molecule has 3 rings (SSSR count). The number of carboxylic acid groups (broad SMARTS) is 2. The van der Waals surface area contributed by atoms with Crippen LogP contribution < -0.4 is 5.32 Å². The fraction of sp³-hybridized carbons (Fsp3) is 0.190. The van der Waals surface area contributed by atoms with Crippen LogP contribution in [0, 0.1) is 6.92 Å². The van der Waals surface area contributed by atoms with E-state index in [9.17, 15) is 0 Å². The summed E-state index contributed by atoms with van der Waals surface area (Å²) in [6.45, 7) is 4.12. The fourth-order valence-corrected chi connectivity index (χ4v) is 3.01. The Labute approximate surface area is 183 Å². The first-order valence-corrected chi connectivity index (χ1v) is 9.70. The molecule has 0 unspecified atom stereocenters. The Morgan fingerprint density at radius 2 is 1.53 bits per heavy atom. The second-order valence-electron chi connectivity index (χ2n) is 6.34. The van der Waals surface area contributed by atoms with Crippen LogP contribution in [0.1, 0.15) is 22.4 Å². The standard InChI is InChI=1S/C19H19Cl2N3.C2H2O4/c1-14-18(12-22-11-15-5-3-2-4-6-15)19(21)24(23-14)13-16-7-9-17(20)10-8-16;3-1(4)2(5)6/h2-10,22H,11-13H2,1H3;(H,3,4)(H,5,6). The Kier molecular flexibility index (Phi) is 8.86. The number of halogens is 2. The minimum atomic E-state index is -1.82. The zero-order valence-electron chi connectivity index (χ0n) is 16.2. The zero-order chi connectivity index (χ0) is 22.1. The van der Waals surface area contributed by atoms with Gasteiger partial charge in [-0.3, -0.25) is 0 Å². The molecule has 0 radical (unpaired) electrons. The lowest BCUT2D eigenvalue weighted by atomic mass is 10.2. The molecule has 0 aliphatic heterocycles. The number of aromatic nitrogens is 2. The van der Waals surface area contributed by atoms with E-state index < -0.39 is 11.9 Å². The van der Waals surface area contributed by atoms with E-state index in [1.165, 1.54) is 5.56 Å². The predicted octanol–water partition coefficient (Wildman–Crippen LogP) is 3.99. The average molecular weight is 450 g/mol. The summed E-state index contributed by atoms with van der Waals surface area (Å²) >= 11 is 12.5. The normalized spacial score (nSPS) is 10.2. The van der Waals surface area contributed by atoms with Crippen molar-refractivity contribution in [3.05, 3.63) is 87.2 Å². The smallest absolute Gasteiger partial charge is 0.414 e. The van der Waals surface area contributed by atoms with Crippen molar-refractivity contribution in [3.63, 3.8) is 0 Å². The Bertz CT molecular complexity index is 977. The van der Waals surface area contributed by atoms with E-state index in [1.807, 2.05) is 54.1 Å². The number of hydrogen-bond donors (Lipinski definition) is 3. The summed E-state index contributed by atoms with van der Waals surface area (Å²) in [6, 6.07) is 18.0. The highest BCUT2D eigenvalue weighted by molar-refractivity contribution is 6.30. The fourth-order valence-electron chi connectivity index (χ4n) is 2.59. The molecule has 0 aliphatic rings. The van der Waals surface area contributed by atoms with Gasteiger partial charge in [0.15, 0.2) is 0 Å². The Hall–Kier alpha value is -2.87. The molecule has 3 aromatic rings. The van der Waals surface area contributed by atoms with Gasteiger partial charge in [-0.1, -0.05) is 65.7 Å². The van der Waals surface area contributed by atoms with Gasteiger partial charge in [0.2, 0.25) is 0 Å². The van der Waals surface area contributed by atoms with Crippen LogP contribution in [0.25, 0.3) is 0 Å². The molecule has 3 N–H and O–H groups in total. The first-order valence-electron chi connectivity index (χ1n) is 8.95. The number of aryl methyl sites for hydroxylation is 1. The van der Waals surface area contributed by atoms with Crippen molar-refractivity contribution in [2.75, 3.05) is 0 Å². The summed E-state index contributed by atoms with van der Waals surface area (Å²) < 4.78 is 1.83. The van der Waals surface area contributed by atoms with Crippen LogP contribution in [0.4, 0.5) is 0 Å².